The molecule has 0 aromatic heterocycles. The lowest BCUT2D eigenvalue weighted by molar-refractivity contribution is -0.140. The van der Waals surface area contributed by atoms with E-state index in [0.717, 1.165) is 24.7 Å². The molecular formula is C16H26N2O3. The molecule has 1 amide bonds. The van der Waals surface area contributed by atoms with E-state index in [1.807, 2.05) is 0 Å². The Hall–Kier alpha value is -1.10. The van der Waals surface area contributed by atoms with Gasteiger partial charge in [0.2, 0.25) is 5.91 Å². The standard InChI is InChI=1S/C16H26N2O3/c1-9(13-7-10-2-3-12(13)6-10)18-14(19)8-17-15(16(20)21)11-4-5-11/h9-13,15,17H,2-8H2,1H3,(H,18,19)(H,20,21). The Bertz CT molecular complexity index is 422. The number of nitrogens with one attached hydrogen (secondary N) is 2. The van der Waals surface area contributed by atoms with Crippen LogP contribution in [-0.4, -0.2) is 35.6 Å². The smallest absolute Gasteiger partial charge is 0.320 e. The molecular weight excluding hydrogens is 268 g/mol. The van der Waals surface area contributed by atoms with Crippen molar-refractivity contribution in [1.82, 2.24) is 10.6 Å². The normalized spacial score (nSPS) is 33.7. The van der Waals surface area contributed by atoms with E-state index in [4.69, 9.17) is 5.11 Å². The van der Waals surface area contributed by atoms with Crippen LogP contribution in [0.4, 0.5) is 0 Å². The number of fused-ring (bicyclic) bond motifs is 2. The molecule has 0 aromatic rings. The van der Waals surface area contributed by atoms with Gasteiger partial charge in [0, 0.05) is 6.04 Å². The third-order valence-corrected chi connectivity index (χ3v) is 5.67. The minimum Gasteiger partial charge on any atom is -0.480 e. The summed E-state index contributed by atoms with van der Waals surface area (Å²) in [4.78, 5) is 23.1. The largest absolute Gasteiger partial charge is 0.480 e. The van der Waals surface area contributed by atoms with E-state index in [-0.39, 0.29) is 24.4 Å². The number of aliphatic carboxylic acids is 1. The van der Waals surface area contributed by atoms with Crippen LogP contribution in [0.2, 0.25) is 0 Å². The highest BCUT2D eigenvalue weighted by atomic mass is 16.4. The number of carbonyl (C=O) groups excluding carboxylic acids is 1. The number of carbonyl (C=O) groups is 2. The molecule has 2 bridgehead atoms. The second-order valence-corrected chi connectivity index (χ2v) is 7.23. The van der Waals surface area contributed by atoms with Gasteiger partial charge in [-0.05, 0) is 62.7 Å². The molecule has 3 rings (SSSR count). The van der Waals surface area contributed by atoms with Gasteiger partial charge in [0.05, 0.1) is 6.54 Å². The van der Waals surface area contributed by atoms with Crippen molar-refractivity contribution in [3.8, 4) is 0 Å². The summed E-state index contributed by atoms with van der Waals surface area (Å²) in [5.41, 5.74) is 0. The molecule has 0 radical (unpaired) electrons. The fourth-order valence-corrected chi connectivity index (χ4v) is 4.41. The van der Waals surface area contributed by atoms with E-state index in [9.17, 15) is 9.59 Å². The quantitative estimate of drug-likeness (QED) is 0.663. The highest BCUT2D eigenvalue weighted by molar-refractivity contribution is 5.80. The molecule has 0 spiro atoms. The van der Waals surface area contributed by atoms with Crippen LogP contribution in [0.15, 0.2) is 0 Å². The number of amides is 1. The molecule has 5 atom stereocenters. The molecule has 0 aliphatic heterocycles. The first-order valence-corrected chi connectivity index (χ1v) is 8.30. The summed E-state index contributed by atoms with van der Waals surface area (Å²) in [6, 6.07) is -0.354. The van der Waals surface area contributed by atoms with Crippen molar-refractivity contribution in [2.75, 3.05) is 6.54 Å². The van der Waals surface area contributed by atoms with Crippen molar-refractivity contribution in [3.05, 3.63) is 0 Å². The molecule has 5 nitrogen and oxygen atoms in total. The summed E-state index contributed by atoms with van der Waals surface area (Å²) in [5.74, 6) is 1.58. The molecule has 21 heavy (non-hydrogen) atoms. The second-order valence-electron chi connectivity index (χ2n) is 7.23. The van der Waals surface area contributed by atoms with Gasteiger partial charge in [0.25, 0.3) is 0 Å². The molecule has 3 N–H and O–H groups in total. The number of rotatable bonds is 7. The molecule has 3 aliphatic rings. The zero-order chi connectivity index (χ0) is 15.0. The predicted molar refractivity (Wildman–Crippen MR) is 78.7 cm³/mol. The van der Waals surface area contributed by atoms with E-state index in [0.29, 0.717) is 5.92 Å². The Balaban J connectivity index is 1.42. The average Bonchev–Trinajstić information content (AvgIpc) is 3.03. The first kappa shape index (κ1) is 14.8. The summed E-state index contributed by atoms with van der Waals surface area (Å²) >= 11 is 0. The predicted octanol–water partition coefficient (Wildman–Crippen LogP) is 1.38. The first-order valence-electron chi connectivity index (χ1n) is 8.30. The Morgan fingerprint density at radius 3 is 2.48 bits per heavy atom. The van der Waals surface area contributed by atoms with Gasteiger partial charge in [0.1, 0.15) is 6.04 Å². The lowest BCUT2D eigenvalue weighted by Gasteiger charge is -2.28. The molecule has 5 unspecified atom stereocenters. The number of hydrogen-bond donors (Lipinski definition) is 3. The molecule has 0 aromatic carbocycles. The number of carboxylic acid groups (broad SMARTS) is 1. The molecule has 0 saturated heterocycles. The van der Waals surface area contributed by atoms with Crippen molar-refractivity contribution < 1.29 is 14.7 Å². The summed E-state index contributed by atoms with van der Waals surface area (Å²) in [6.07, 6.45) is 7.17. The SMILES string of the molecule is CC(NC(=O)CNC(C(=O)O)C1CC1)C1CC2CCC1C2. The van der Waals surface area contributed by atoms with Gasteiger partial charge < -0.3 is 10.4 Å². The van der Waals surface area contributed by atoms with E-state index < -0.39 is 12.0 Å². The second kappa shape index (κ2) is 5.95. The third kappa shape index (κ3) is 3.39. The van der Waals surface area contributed by atoms with Crippen LogP contribution in [0.3, 0.4) is 0 Å². The lowest BCUT2D eigenvalue weighted by atomic mass is 9.84. The third-order valence-electron chi connectivity index (χ3n) is 5.67. The minimum absolute atomic E-state index is 0.0721. The van der Waals surface area contributed by atoms with E-state index in [1.165, 1.54) is 25.7 Å². The summed E-state index contributed by atoms with van der Waals surface area (Å²) < 4.78 is 0. The van der Waals surface area contributed by atoms with Crippen molar-refractivity contribution >= 4 is 11.9 Å². The van der Waals surface area contributed by atoms with Crippen LogP contribution in [0.5, 0.6) is 0 Å². The van der Waals surface area contributed by atoms with E-state index in [2.05, 4.69) is 17.6 Å². The van der Waals surface area contributed by atoms with Crippen molar-refractivity contribution in [3.63, 3.8) is 0 Å². The maximum atomic E-state index is 12.0. The highest BCUT2D eigenvalue weighted by Crippen LogP contribution is 2.49. The number of carboxylic acids is 1. The molecule has 3 saturated carbocycles. The van der Waals surface area contributed by atoms with Gasteiger partial charge in [-0.25, -0.2) is 0 Å². The van der Waals surface area contributed by atoms with Crippen LogP contribution in [0.25, 0.3) is 0 Å². The average molecular weight is 294 g/mol. The van der Waals surface area contributed by atoms with Gasteiger partial charge in [-0.2, -0.15) is 0 Å². The monoisotopic (exact) mass is 294 g/mol. The van der Waals surface area contributed by atoms with Crippen molar-refractivity contribution in [1.29, 1.82) is 0 Å². The topological polar surface area (TPSA) is 78.4 Å². The Morgan fingerprint density at radius 1 is 1.19 bits per heavy atom. The van der Waals surface area contributed by atoms with Crippen LogP contribution >= 0.6 is 0 Å². The number of hydrogen-bond acceptors (Lipinski definition) is 3. The van der Waals surface area contributed by atoms with Crippen molar-refractivity contribution in [2.45, 2.75) is 57.5 Å². The van der Waals surface area contributed by atoms with Gasteiger partial charge in [-0.1, -0.05) is 6.42 Å². The maximum Gasteiger partial charge on any atom is 0.320 e. The fourth-order valence-electron chi connectivity index (χ4n) is 4.41. The zero-order valence-electron chi connectivity index (χ0n) is 12.7. The van der Waals surface area contributed by atoms with E-state index >= 15 is 0 Å². The van der Waals surface area contributed by atoms with E-state index in [1.54, 1.807) is 0 Å². The van der Waals surface area contributed by atoms with Crippen LogP contribution < -0.4 is 10.6 Å². The molecule has 0 heterocycles. The van der Waals surface area contributed by atoms with Gasteiger partial charge in [-0.3, -0.25) is 14.9 Å². The highest BCUT2D eigenvalue weighted by Gasteiger charge is 2.42. The summed E-state index contributed by atoms with van der Waals surface area (Å²) in [6.45, 7) is 2.21. The van der Waals surface area contributed by atoms with Crippen LogP contribution in [0.1, 0.15) is 45.4 Å². The summed E-state index contributed by atoms with van der Waals surface area (Å²) in [5, 5.41) is 15.1. The maximum absolute atomic E-state index is 12.0. The lowest BCUT2D eigenvalue weighted by Crippen LogP contribution is -2.48. The Kier molecular flexibility index (Phi) is 4.20. The summed E-state index contributed by atoms with van der Waals surface area (Å²) in [7, 11) is 0. The molecule has 5 heteroatoms. The minimum atomic E-state index is -0.841. The van der Waals surface area contributed by atoms with Crippen LogP contribution in [0, 0.1) is 23.7 Å². The molecule has 3 aliphatic carbocycles. The van der Waals surface area contributed by atoms with Gasteiger partial charge in [0.15, 0.2) is 0 Å². The molecule has 3 fully saturated rings. The zero-order valence-corrected chi connectivity index (χ0v) is 12.7. The van der Waals surface area contributed by atoms with Gasteiger partial charge in [-0.15, -0.1) is 0 Å². The van der Waals surface area contributed by atoms with Crippen LogP contribution in [-0.2, 0) is 9.59 Å². The molecule has 118 valence electrons. The van der Waals surface area contributed by atoms with Crippen molar-refractivity contribution in [2.24, 2.45) is 23.7 Å². The van der Waals surface area contributed by atoms with Gasteiger partial charge >= 0.3 is 5.97 Å². The first-order chi connectivity index (χ1) is 10.0. The fraction of sp³-hybridized carbons (Fsp3) is 0.875. The Morgan fingerprint density at radius 2 is 1.95 bits per heavy atom. The Labute approximate surface area is 125 Å².